The molecule has 82 valence electrons. The highest BCUT2D eigenvalue weighted by molar-refractivity contribution is 5.84. The Morgan fingerprint density at radius 3 is 2.73 bits per heavy atom. The Hall–Kier alpha value is -1.50. The molecule has 0 unspecified atom stereocenters. The minimum atomic E-state index is -0.314. The molecular weight excluding hydrogens is 196 g/mol. The molecule has 1 atom stereocenters. The van der Waals surface area contributed by atoms with Gasteiger partial charge in [0.2, 0.25) is 5.91 Å². The second kappa shape index (κ2) is 3.27. The highest BCUT2D eigenvalue weighted by Crippen LogP contribution is 2.19. The van der Waals surface area contributed by atoms with Crippen LogP contribution < -0.4 is 5.32 Å². The smallest absolute Gasteiger partial charge is 0.241 e. The standard InChI is InChI=1S/C8H14N6O/c1-8(2)9-5(7(15)14(8)3)4-6-10-12-13-11-6/h5,9H,4H2,1-3H3,(H,10,11,12,13)/t5-/m0/s1. The number of hydrogen-bond acceptors (Lipinski definition) is 5. The first kappa shape index (κ1) is 10.0. The fourth-order valence-electron chi connectivity index (χ4n) is 1.68. The third kappa shape index (κ3) is 1.70. The number of hydrogen-bond donors (Lipinski definition) is 2. The lowest BCUT2D eigenvalue weighted by atomic mass is 10.2. The van der Waals surface area contributed by atoms with Crippen LogP contribution in [0.25, 0.3) is 0 Å². The lowest BCUT2D eigenvalue weighted by molar-refractivity contribution is -0.130. The molecule has 2 heterocycles. The zero-order chi connectivity index (χ0) is 11.1. The maximum absolute atomic E-state index is 11.8. The number of carbonyl (C=O) groups excluding carboxylic acids is 1. The molecule has 1 aliphatic rings. The fraction of sp³-hybridized carbons (Fsp3) is 0.750. The molecule has 0 spiro atoms. The molecule has 15 heavy (non-hydrogen) atoms. The van der Waals surface area contributed by atoms with Crippen LogP contribution >= 0.6 is 0 Å². The van der Waals surface area contributed by atoms with E-state index < -0.39 is 0 Å². The second-order valence-corrected chi connectivity index (χ2v) is 4.19. The van der Waals surface area contributed by atoms with Gasteiger partial charge in [-0.1, -0.05) is 5.21 Å². The Morgan fingerprint density at radius 1 is 1.53 bits per heavy atom. The molecule has 1 aliphatic heterocycles. The molecular formula is C8H14N6O. The van der Waals surface area contributed by atoms with Gasteiger partial charge in [-0.25, -0.2) is 0 Å². The van der Waals surface area contributed by atoms with Gasteiger partial charge in [-0.15, -0.1) is 10.2 Å². The van der Waals surface area contributed by atoms with Gasteiger partial charge in [0, 0.05) is 13.5 Å². The maximum atomic E-state index is 11.8. The van der Waals surface area contributed by atoms with Crippen molar-refractivity contribution >= 4 is 5.91 Å². The average Bonchev–Trinajstić information content (AvgIpc) is 2.72. The zero-order valence-corrected chi connectivity index (χ0v) is 8.98. The monoisotopic (exact) mass is 210 g/mol. The van der Waals surface area contributed by atoms with Crippen LogP contribution in [0.2, 0.25) is 0 Å². The highest BCUT2D eigenvalue weighted by Gasteiger charge is 2.42. The van der Waals surface area contributed by atoms with Gasteiger partial charge in [0.25, 0.3) is 0 Å². The molecule has 2 N–H and O–H groups in total. The van der Waals surface area contributed by atoms with E-state index in [0.29, 0.717) is 12.2 Å². The third-order valence-corrected chi connectivity index (χ3v) is 2.77. The number of aromatic nitrogens is 4. The predicted octanol–water partition coefficient (Wildman–Crippen LogP) is -1.09. The molecule has 1 aromatic heterocycles. The number of tetrazole rings is 1. The molecule has 1 saturated heterocycles. The van der Waals surface area contributed by atoms with Crippen LogP contribution in [0.3, 0.4) is 0 Å². The normalized spacial score (nSPS) is 24.9. The van der Waals surface area contributed by atoms with Gasteiger partial charge < -0.3 is 4.90 Å². The van der Waals surface area contributed by atoms with Gasteiger partial charge in [-0.2, -0.15) is 5.21 Å². The first-order valence-electron chi connectivity index (χ1n) is 4.78. The van der Waals surface area contributed by atoms with Crippen LogP contribution in [0, 0.1) is 0 Å². The van der Waals surface area contributed by atoms with Crippen molar-refractivity contribution in [2.45, 2.75) is 32.0 Å². The van der Waals surface area contributed by atoms with Crippen LogP contribution in [-0.2, 0) is 11.2 Å². The minimum absolute atomic E-state index is 0.0600. The molecule has 7 heteroatoms. The van der Waals surface area contributed by atoms with E-state index in [0.717, 1.165) is 0 Å². The summed E-state index contributed by atoms with van der Waals surface area (Å²) in [7, 11) is 1.78. The van der Waals surface area contributed by atoms with Crippen molar-refractivity contribution in [2.75, 3.05) is 7.05 Å². The van der Waals surface area contributed by atoms with Gasteiger partial charge in [0.15, 0.2) is 5.82 Å². The SMILES string of the molecule is CN1C(=O)[C@H](Cc2nn[nH]n2)NC1(C)C. The van der Waals surface area contributed by atoms with E-state index in [2.05, 4.69) is 25.9 Å². The Bertz CT molecular complexity index is 359. The van der Waals surface area contributed by atoms with Crippen LogP contribution in [0.4, 0.5) is 0 Å². The number of aromatic amines is 1. The first-order valence-corrected chi connectivity index (χ1v) is 4.78. The summed E-state index contributed by atoms with van der Waals surface area (Å²) in [4.78, 5) is 13.5. The number of rotatable bonds is 2. The van der Waals surface area contributed by atoms with Crippen LogP contribution in [0.15, 0.2) is 0 Å². The molecule has 0 aliphatic carbocycles. The second-order valence-electron chi connectivity index (χ2n) is 4.19. The lowest BCUT2D eigenvalue weighted by Gasteiger charge is -2.27. The summed E-state index contributed by atoms with van der Waals surface area (Å²) < 4.78 is 0. The lowest BCUT2D eigenvalue weighted by Crippen LogP contribution is -2.45. The zero-order valence-electron chi connectivity index (χ0n) is 8.98. The van der Waals surface area contributed by atoms with E-state index in [9.17, 15) is 4.79 Å². The number of amides is 1. The summed E-state index contributed by atoms with van der Waals surface area (Å²) in [5.74, 6) is 0.608. The summed E-state index contributed by atoms with van der Waals surface area (Å²) in [5.41, 5.74) is -0.314. The van der Waals surface area contributed by atoms with Crippen LogP contribution in [0.1, 0.15) is 19.7 Å². The Labute approximate surface area is 87.2 Å². The molecule has 1 fully saturated rings. The Kier molecular flexibility index (Phi) is 2.18. The molecule has 1 aromatic rings. The predicted molar refractivity (Wildman–Crippen MR) is 51.7 cm³/mol. The van der Waals surface area contributed by atoms with E-state index in [-0.39, 0.29) is 17.6 Å². The summed E-state index contributed by atoms with van der Waals surface area (Å²) in [6.45, 7) is 3.92. The summed E-state index contributed by atoms with van der Waals surface area (Å²) in [6.07, 6.45) is 0.461. The van der Waals surface area contributed by atoms with Gasteiger partial charge in [-0.05, 0) is 13.8 Å². The quantitative estimate of drug-likeness (QED) is 0.647. The van der Waals surface area contributed by atoms with Crippen LogP contribution in [-0.4, -0.2) is 50.2 Å². The summed E-state index contributed by atoms with van der Waals surface area (Å²) in [5, 5.41) is 16.7. The maximum Gasteiger partial charge on any atom is 0.241 e. The van der Waals surface area contributed by atoms with E-state index in [1.165, 1.54) is 0 Å². The van der Waals surface area contributed by atoms with Crippen molar-refractivity contribution in [3.63, 3.8) is 0 Å². The third-order valence-electron chi connectivity index (χ3n) is 2.77. The number of H-pyrrole nitrogens is 1. The molecule has 1 amide bonds. The number of nitrogens with zero attached hydrogens (tertiary/aromatic N) is 4. The van der Waals surface area contributed by atoms with Crippen molar-refractivity contribution in [3.8, 4) is 0 Å². The Morgan fingerprint density at radius 2 is 2.27 bits per heavy atom. The number of nitrogens with one attached hydrogen (secondary N) is 2. The largest absolute Gasteiger partial charge is 0.327 e. The van der Waals surface area contributed by atoms with E-state index in [1.807, 2.05) is 13.8 Å². The van der Waals surface area contributed by atoms with Crippen molar-refractivity contribution in [2.24, 2.45) is 0 Å². The van der Waals surface area contributed by atoms with E-state index in [4.69, 9.17) is 0 Å². The van der Waals surface area contributed by atoms with Gasteiger partial charge in [0.05, 0.1) is 11.7 Å². The molecule has 0 bridgehead atoms. The number of likely N-dealkylation sites (N-methyl/N-ethyl adjacent to an activating group) is 1. The van der Waals surface area contributed by atoms with Gasteiger partial charge in [0.1, 0.15) is 0 Å². The Balaban J connectivity index is 2.10. The number of carbonyl (C=O) groups is 1. The van der Waals surface area contributed by atoms with Crippen molar-refractivity contribution in [1.82, 2.24) is 30.8 Å². The first-order chi connectivity index (χ1) is 7.00. The fourth-order valence-corrected chi connectivity index (χ4v) is 1.68. The summed E-state index contributed by atoms with van der Waals surface area (Å²) in [6, 6.07) is -0.261. The van der Waals surface area contributed by atoms with E-state index in [1.54, 1.807) is 11.9 Å². The minimum Gasteiger partial charge on any atom is -0.327 e. The average molecular weight is 210 g/mol. The van der Waals surface area contributed by atoms with E-state index >= 15 is 0 Å². The van der Waals surface area contributed by atoms with Crippen molar-refractivity contribution in [3.05, 3.63) is 5.82 Å². The molecule has 0 aromatic carbocycles. The highest BCUT2D eigenvalue weighted by atomic mass is 16.2. The van der Waals surface area contributed by atoms with Gasteiger partial charge >= 0.3 is 0 Å². The molecule has 2 rings (SSSR count). The van der Waals surface area contributed by atoms with Crippen molar-refractivity contribution in [1.29, 1.82) is 0 Å². The topological polar surface area (TPSA) is 86.8 Å². The van der Waals surface area contributed by atoms with Gasteiger partial charge in [-0.3, -0.25) is 10.1 Å². The van der Waals surface area contributed by atoms with Crippen LogP contribution in [0.5, 0.6) is 0 Å². The van der Waals surface area contributed by atoms with Crippen molar-refractivity contribution < 1.29 is 4.79 Å². The molecule has 7 nitrogen and oxygen atoms in total. The molecule has 0 saturated carbocycles. The summed E-state index contributed by atoms with van der Waals surface area (Å²) >= 11 is 0. The molecule has 0 radical (unpaired) electrons.